The molecule has 0 aliphatic heterocycles. The first kappa shape index (κ1) is 24.5. The van der Waals surface area contributed by atoms with Gasteiger partial charge in [-0.1, -0.05) is 13.0 Å². The maximum Gasteiger partial charge on any atom is 0.408 e. The van der Waals surface area contributed by atoms with E-state index in [0.717, 1.165) is 32.1 Å². The first-order chi connectivity index (χ1) is 15.1. The molecule has 3 rings (SSSR count). The maximum atomic E-state index is 12.0. The molecule has 1 aromatic heterocycles. The summed E-state index contributed by atoms with van der Waals surface area (Å²) in [6.45, 7) is 7.28. The first-order valence-corrected chi connectivity index (χ1v) is 11.9. The summed E-state index contributed by atoms with van der Waals surface area (Å²) in [5.74, 6) is -0.821. The van der Waals surface area contributed by atoms with Crippen LogP contribution in [0.2, 0.25) is 0 Å². The van der Waals surface area contributed by atoms with Crippen LogP contribution in [-0.2, 0) is 33.5 Å². The van der Waals surface area contributed by atoms with E-state index in [4.69, 9.17) is 14.5 Å². The Morgan fingerprint density at radius 2 is 1.94 bits per heavy atom. The van der Waals surface area contributed by atoms with Gasteiger partial charge in [0.15, 0.2) is 0 Å². The standard InChI is InChI=1S/C25H38N2O5/c1-16(22(23(28)29)27-24(30)32-25(2,3)4)15-31-20-13-17(14-20)9-11-19-12-10-18-7-5-6-8-21(18)26-19/h10,12,16-17,20,22H,5-9,11,13-15H2,1-4H3,(H,27,30)(H,28,29). The van der Waals surface area contributed by atoms with Crippen LogP contribution in [0.5, 0.6) is 0 Å². The van der Waals surface area contributed by atoms with Gasteiger partial charge < -0.3 is 19.9 Å². The average Bonchev–Trinajstić information content (AvgIpc) is 2.68. The Labute approximate surface area is 191 Å². The van der Waals surface area contributed by atoms with Crippen molar-refractivity contribution in [2.24, 2.45) is 11.8 Å². The predicted molar refractivity (Wildman–Crippen MR) is 122 cm³/mol. The normalized spacial score (nSPS) is 22.2. The second-order valence-electron chi connectivity index (χ2n) is 10.4. The highest BCUT2D eigenvalue weighted by molar-refractivity contribution is 5.80. The van der Waals surface area contributed by atoms with Crippen molar-refractivity contribution in [3.05, 3.63) is 29.1 Å². The Hall–Kier alpha value is -2.15. The summed E-state index contributed by atoms with van der Waals surface area (Å²) in [5.41, 5.74) is 3.24. The summed E-state index contributed by atoms with van der Waals surface area (Å²) < 4.78 is 11.1. The molecule has 2 aliphatic rings. The first-order valence-electron chi connectivity index (χ1n) is 11.9. The second kappa shape index (κ2) is 10.6. The number of rotatable bonds is 9. The van der Waals surface area contributed by atoms with Crippen LogP contribution >= 0.6 is 0 Å². The summed E-state index contributed by atoms with van der Waals surface area (Å²) in [6, 6.07) is 3.40. The van der Waals surface area contributed by atoms with E-state index in [1.165, 1.54) is 36.2 Å². The number of carboxylic acids is 1. The van der Waals surface area contributed by atoms with Gasteiger partial charge in [-0.15, -0.1) is 0 Å². The third-order valence-corrected chi connectivity index (χ3v) is 6.34. The van der Waals surface area contributed by atoms with Crippen LogP contribution in [0.25, 0.3) is 0 Å². The molecule has 1 aromatic rings. The number of alkyl carbamates (subject to hydrolysis) is 1. The second-order valence-corrected chi connectivity index (χ2v) is 10.4. The van der Waals surface area contributed by atoms with Crippen LogP contribution in [0.15, 0.2) is 12.1 Å². The molecule has 1 saturated carbocycles. The molecular formula is C25H38N2O5. The number of fused-ring (bicyclic) bond motifs is 1. The molecule has 2 unspecified atom stereocenters. The number of nitrogens with zero attached hydrogens (tertiary/aromatic N) is 1. The Kier molecular flexibility index (Phi) is 8.15. The van der Waals surface area contributed by atoms with Crippen molar-refractivity contribution in [3.63, 3.8) is 0 Å². The minimum atomic E-state index is -1.09. The van der Waals surface area contributed by atoms with Gasteiger partial charge in [0.2, 0.25) is 0 Å². The third kappa shape index (κ3) is 7.19. The highest BCUT2D eigenvalue weighted by Crippen LogP contribution is 2.34. The number of nitrogens with one attached hydrogen (secondary N) is 1. The zero-order chi connectivity index (χ0) is 23.3. The number of carboxylic acid groups (broad SMARTS) is 1. The van der Waals surface area contributed by atoms with Crippen molar-refractivity contribution in [1.29, 1.82) is 0 Å². The number of carbonyl (C=O) groups excluding carboxylic acids is 1. The molecule has 0 radical (unpaired) electrons. The molecule has 0 saturated heterocycles. The summed E-state index contributed by atoms with van der Waals surface area (Å²) >= 11 is 0. The lowest BCUT2D eigenvalue weighted by molar-refractivity contribution is -0.142. The molecule has 2 aliphatic carbocycles. The number of aliphatic carboxylic acids is 1. The number of hydrogen-bond acceptors (Lipinski definition) is 5. The van der Waals surface area contributed by atoms with E-state index in [-0.39, 0.29) is 18.6 Å². The van der Waals surface area contributed by atoms with E-state index in [0.29, 0.717) is 5.92 Å². The SMILES string of the molecule is CC(COC1CC(CCc2ccc3c(n2)CCCC3)C1)C(NC(=O)OC(C)(C)C)C(=O)O. The van der Waals surface area contributed by atoms with Gasteiger partial charge in [-0.25, -0.2) is 9.59 Å². The molecule has 1 amide bonds. The minimum absolute atomic E-state index is 0.162. The topological polar surface area (TPSA) is 97.8 Å². The molecule has 0 aromatic carbocycles. The van der Waals surface area contributed by atoms with E-state index in [1.807, 2.05) is 0 Å². The molecule has 0 bridgehead atoms. The highest BCUT2D eigenvalue weighted by atomic mass is 16.6. The smallest absolute Gasteiger partial charge is 0.408 e. The van der Waals surface area contributed by atoms with Gasteiger partial charge in [0.05, 0.1) is 12.7 Å². The van der Waals surface area contributed by atoms with Crippen molar-refractivity contribution in [3.8, 4) is 0 Å². The Balaban J connectivity index is 1.36. The molecular weight excluding hydrogens is 408 g/mol. The zero-order valence-electron chi connectivity index (χ0n) is 19.9. The van der Waals surface area contributed by atoms with Gasteiger partial charge in [0.25, 0.3) is 0 Å². The van der Waals surface area contributed by atoms with Crippen LogP contribution in [0, 0.1) is 11.8 Å². The van der Waals surface area contributed by atoms with Crippen molar-refractivity contribution in [2.45, 2.75) is 96.8 Å². The van der Waals surface area contributed by atoms with Gasteiger partial charge >= 0.3 is 12.1 Å². The van der Waals surface area contributed by atoms with Crippen molar-refractivity contribution >= 4 is 12.1 Å². The summed E-state index contributed by atoms with van der Waals surface area (Å²) in [7, 11) is 0. The maximum absolute atomic E-state index is 12.0. The fourth-order valence-electron chi connectivity index (χ4n) is 4.43. The van der Waals surface area contributed by atoms with Crippen LogP contribution in [0.1, 0.15) is 76.8 Å². The summed E-state index contributed by atoms with van der Waals surface area (Å²) in [6.07, 6.45) is 8.34. The summed E-state index contributed by atoms with van der Waals surface area (Å²) in [4.78, 5) is 28.4. The van der Waals surface area contributed by atoms with Crippen molar-refractivity contribution < 1.29 is 24.2 Å². The number of amides is 1. The van der Waals surface area contributed by atoms with E-state index < -0.39 is 23.7 Å². The fraction of sp³-hybridized carbons (Fsp3) is 0.720. The van der Waals surface area contributed by atoms with E-state index in [1.54, 1.807) is 27.7 Å². The van der Waals surface area contributed by atoms with Crippen molar-refractivity contribution in [1.82, 2.24) is 10.3 Å². The number of aromatic nitrogens is 1. The molecule has 1 heterocycles. The summed E-state index contributed by atoms with van der Waals surface area (Å²) in [5, 5.41) is 11.9. The number of hydrogen-bond donors (Lipinski definition) is 2. The lowest BCUT2D eigenvalue weighted by Crippen LogP contribution is -2.48. The number of carbonyl (C=O) groups is 2. The molecule has 178 valence electrons. The largest absolute Gasteiger partial charge is 0.480 e. The monoisotopic (exact) mass is 446 g/mol. The molecule has 2 atom stereocenters. The van der Waals surface area contributed by atoms with Crippen LogP contribution < -0.4 is 5.32 Å². The number of pyridine rings is 1. The van der Waals surface area contributed by atoms with Crippen LogP contribution in [0.4, 0.5) is 4.79 Å². The lowest BCUT2D eigenvalue weighted by Gasteiger charge is -2.36. The molecule has 1 fully saturated rings. The van der Waals surface area contributed by atoms with Gasteiger partial charge in [-0.2, -0.15) is 0 Å². The minimum Gasteiger partial charge on any atom is -0.480 e. The third-order valence-electron chi connectivity index (χ3n) is 6.34. The van der Waals surface area contributed by atoms with E-state index in [2.05, 4.69) is 17.4 Å². The zero-order valence-corrected chi connectivity index (χ0v) is 19.9. The Bertz CT molecular complexity index is 798. The Morgan fingerprint density at radius 3 is 2.62 bits per heavy atom. The quantitative estimate of drug-likeness (QED) is 0.587. The van der Waals surface area contributed by atoms with Gasteiger partial charge in [-0.3, -0.25) is 4.98 Å². The number of ether oxygens (including phenoxy) is 2. The number of aryl methyl sites for hydroxylation is 3. The Morgan fingerprint density at radius 1 is 1.22 bits per heavy atom. The van der Waals surface area contributed by atoms with Gasteiger partial charge in [-0.05, 0) is 89.7 Å². The predicted octanol–water partition coefficient (Wildman–Crippen LogP) is 4.30. The van der Waals surface area contributed by atoms with E-state index >= 15 is 0 Å². The fourth-order valence-corrected chi connectivity index (χ4v) is 4.43. The van der Waals surface area contributed by atoms with Crippen LogP contribution in [0.3, 0.4) is 0 Å². The average molecular weight is 447 g/mol. The molecule has 32 heavy (non-hydrogen) atoms. The van der Waals surface area contributed by atoms with Gasteiger partial charge in [0, 0.05) is 17.3 Å². The van der Waals surface area contributed by atoms with Crippen LogP contribution in [-0.4, -0.2) is 46.5 Å². The molecule has 0 spiro atoms. The molecule has 2 N–H and O–H groups in total. The van der Waals surface area contributed by atoms with Gasteiger partial charge in [0.1, 0.15) is 11.6 Å². The van der Waals surface area contributed by atoms with Crippen molar-refractivity contribution in [2.75, 3.05) is 6.61 Å². The van der Waals surface area contributed by atoms with E-state index in [9.17, 15) is 14.7 Å². The molecule has 7 nitrogen and oxygen atoms in total. The lowest BCUT2D eigenvalue weighted by atomic mass is 9.79. The highest BCUT2D eigenvalue weighted by Gasteiger charge is 2.33. The molecule has 7 heteroatoms.